The van der Waals surface area contributed by atoms with Crippen LogP contribution >= 0.6 is 0 Å². The van der Waals surface area contributed by atoms with Gasteiger partial charge >= 0.3 is 0 Å². The Morgan fingerprint density at radius 1 is 0.885 bits per heavy atom. The zero-order valence-corrected chi connectivity index (χ0v) is 15.9. The normalized spacial score (nSPS) is 16.1. The predicted octanol–water partition coefficient (Wildman–Crippen LogP) is 2.12. The number of hydrogen-bond acceptors (Lipinski definition) is 4. The molecule has 0 radical (unpaired) electrons. The molecule has 1 aliphatic heterocycles. The summed E-state index contributed by atoms with van der Waals surface area (Å²) in [7, 11) is 1.66. The Balaban J connectivity index is 1.50. The molecule has 0 spiro atoms. The molecule has 2 heterocycles. The van der Waals surface area contributed by atoms with Gasteiger partial charge in [-0.25, -0.2) is 0 Å². The molecule has 2 aromatic rings. The highest BCUT2D eigenvalue weighted by Gasteiger charge is 2.17. The molecule has 0 bridgehead atoms. The summed E-state index contributed by atoms with van der Waals surface area (Å²) in [5.74, 6) is 0. The molecule has 1 aromatic heterocycles. The summed E-state index contributed by atoms with van der Waals surface area (Å²) < 4.78 is 6.82. The highest BCUT2D eigenvalue weighted by Crippen LogP contribution is 2.12. The van der Waals surface area contributed by atoms with Crippen LogP contribution in [-0.4, -0.2) is 54.3 Å². The lowest BCUT2D eigenvalue weighted by Crippen LogP contribution is -2.45. The molecule has 1 aliphatic rings. The molecule has 5 nitrogen and oxygen atoms in total. The fourth-order valence-electron chi connectivity index (χ4n) is 3.35. The number of rotatable bonds is 7. The molecule has 0 N–H and O–H groups in total. The highest BCUT2D eigenvalue weighted by molar-refractivity contribution is 5.21. The summed E-state index contributed by atoms with van der Waals surface area (Å²) in [6.07, 6.45) is 1.97. The molecule has 0 saturated carbocycles. The third-order valence-corrected chi connectivity index (χ3v) is 4.98. The summed E-state index contributed by atoms with van der Waals surface area (Å²) >= 11 is 0. The van der Waals surface area contributed by atoms with Gasteiger partial charge in [-0.05, 0) is 18.1 Å². The maximum Gasteiger partial charge on any atom is 0.250 e. The van der Waals surface area contributed by atoms with Gasteiger partial charge in [-0.1, -0.05) is 35.9 Å². The molecule has 0 unspecified atom stereocenters. The molecule has 140 valence electrons. The Bertz CT molecular complexity index is 747. The average Bonchev–Trinajstić information content (AvgIpc) is 2.65. The van der Waals surface area contributed by atoms with Gasteiger partial charge < -0.3 is 9.30 Å². The van der Waals surface area contributed by atoms with E-state index in [2.05, 4.69) is 41.0 Å². The Morgan fingerprint density at radius 2 is 1.46 bits per heavy atom. The van der Waals surface area contributed by atoms with Gasteiger partial charge in [-0.3, -0.25) is 14.6 Å². The zero-order valence-electron chi connectivity index (χ0n) is 15.9. The van der Waals surface area contributed by atoms with Gasteiger partial charge in [0.15, 0.2) is 0 Å². The SMILES string of the molecule is COCCn1cc(CN2CCN(Cc3ccc(C)cc3)CC2)ccc1=O. The number of hydrogen-bond donors (Lipinski definition) is 0. The van der Waals surface area contributed by atoms with Crippen LogP contribution in [0.2, 0.25) is 0 Å². The molecular formula is C21H29N3O2. The van der Waals surface area contributed by atoms with Gasteiger partial charge in [0.05, 0.1) is 6.61 Å². The molecule has 1 saturated heterocycles. The van der Waals surface area contributed by atoms with E-state index in [9.17, 15) is 4.79 Å². The van der Waals surface area contributed by atoms with E-state index in [4.69, 9.17) is 4.74 Å². The summed E-state index contributed by atoms with van der Waals surface area (Å²) in [4.78, 5) is 16.9. The van der Waals surface area contributed by atoms with E-state index >= 15 is 0 Å². The van der Waals surface area contributed by atoms with Crippen LogP contribution in [0.5, 0.6) is 0 Å². The third kappa shape index (κ3) is 5.27. The van der Waals surface area contributed by atoms with Gasteiger partial charge in [0.25, 0.3) is 5.56 Å². The van der Waals surface area contributed by atoms with Crippen molar-refractivity contribution in [1.82, 2.24) is 14.4 Å². The summed E-state index contributed by atoms with van der Waals surface area (Å²) in [5, 5.41) is 0. The second kappa shape index (κ2) is 9.12. The van der Waals surface area contributed by atoms with Crippen LogP contribution in [0, 0.1) is 6.92 Å². The summed E-state index contributed by atoms with van der Waals surface area (Å²) in [6.45, 7) is 9.48. The molecular weight excluding hydrogens is 326 g/mol. The fraction of sp³-hybridized carbons (Fsp3) is 0.476. The van der Waals surface area contributed by atoms with Crippen molar-refractivity contribution >= 4 is 0 Å². The maximum atomic E-state index is 11.9. The topological polar surface area (TPSA) is 37.7 Å². The maximum absolute atomic E-state index is 11.9. The standard InChI is InChI=1S/C21H29N3O2/c1-18-3-5-19(6-4-18)15-22-9-11-23(12-10-22)16-20-7-8-21(25)24(17-20)13-14-26-2/h3-8,17H,9-16H2,1-2H3. The van der Waals surface area contributed by atoms with Crippen LogP contribution in [0.1, 0.15) is 16.7 Å². The minimum atomic E-state index is 0.0358. The molecule has 3 rings (SSSR count). The Morgan fingerprint density at radius 3 is 2.08 bits per heavy atom. The van der Waals surface area contributed by atoms with E-state index in [-0.39, 0.29) is 5.56 Å². The number of methoxy groups -OCH3 is 1. The van der Waals surface area contributed by atoms with E-state index in [0.717, 1.165) is 39.3 Å². The van der Waals surface area contributed by atoms with Gasteiger partial charge in [-0.15, -0.1) is 0 Å². The first-order valence-electron chi connectivity index (χ1n) is 9.32. The smallest absolute Gasteiger partial charge is 0.250 e. The van der Waals surface area contributed by atoms with Crippen molar-refractivity contribution in [3.63, 3.8) is 0 Å². The first kappa shape index (κ1) is 18.8. The third-order valence-electron chi connectivity index (χ3n) is 4.98. The van der Waals surface area contributed by atoms with E-state index in [0.29, 0.717) is 13.2 Å². The largest absolute Gasteiger partial charge is 0.383 e. The first-order chi connectivity index (χ1) is 12.6. The summed E-state index contributed by atoms with van der Waals surface area (Å²) in [6, 6.07) is 12.4. The van der Waals surface area contributed by atoms with E-state index in [1.807, 2.05) is 12.3 Å². The lowest BCUT2D eigenvalue weighted by Gasteiger charge is -2.34. The van der Waals surface area contributed by atoms with Crippen molar-refractivity contribution in [2.24, 2.45) is 0 Å². The minimum absolute atomic E-state index is 0.0358. The molecule has 0 atom stereocenters. The van der Waals surface area contributed by atoms with Crippen LogP contribution in [0.15, 0.2) is 47.4 Å². The van der Waals surface area contributed by atoms with Gasteiger partial charge in [-0.2, -0.15) is 0 Å². The Hall–Kier alpha value is -1.95. The highest BCUT2D eigenvalue weighted by atomic mass is 16.5. The van der Waals surface area contributed by atoms with Crippen molar-refractivity contribution < 1.29 is 4.74 Å². The predicted molar refractivity (Wildman–Crippen MR) is 104 cm³/mol. The number of aromatic nitrogens is 1. The summed E-state index contributed by atoms with van der Waals surface area (Å²) in [5.41, 5.74) is 3.92. The van der Waals surface area contributed by atoms with Crippen LogP contribution in [-0.2, 0) is 24.4 Å². The Labute approximate surface area is 155 Å². The van der Waals surface area contributed by atoms with Crippen LogP contribution in [0.3, 0.4) is 0 Å². The van der Waals surface area contributed by atoms with Crippen molar-refractivity contribution in [1.29, 1.82) is 0 Å². The quantitative estimate of drug-likeness (QED) is 0.763. The average molecular weight is 355 g/mol. The van der Waals surface area contributed by atoms with Crippen molar-refractivity contribution in [3.05, 3.63) is 69.6 Å². The lowest BCUT2D eigenvalue weighted by atomic mass is 10.1. The number of benzene rings is 1. The lowest BCUT2D eigenvalue weighted by molar-refractivity contribution is 0.121. The van der Waals surface area contributed by atoms with E-state index in [1.54, 1.807) is 17.7 Å². The van der Waals surface area contributed by atoms with Crippen molar-refractivity contribution in [3.8, 4) is 0 Å². The van der Waals surface area contributed by atoms with E-state index < -0.39 is 0 Å². The molecule has 1 aromatic carbocycles. The van der Waals surface area contributed by atoms with Crippen molar-refractivity contribution in [2.75, 3.05) is 39.9 Å². The second-order valence-electron chi connectivity index (χ2n) is 7.10. The number of pyridine rings is 1. The van der Waals surface area contributed by atoms with Gasteiger partial charge in [0.1, 0.15) is 0 Å². The van der Waals surface area contributed by atoms with Gasteiger partial charge in [0, 0.05) is 65.2 Å². The molecule has 1 fully saturated rings. The number of ether oxygens (including phenoxy) is 1. The van der Waals surface area contributed by atoms with Crippen LogP contribution < -0.4 is 5.56 Å². The monoisotopic (exact) mass is 355 g/mol. The van der Waals surface area contributed by atoms with Crippen molar-refractivity contribution in [2.45, 2.75) is 26.6 Å². The first-order valence-corrected chi connectivity index (χ1v) is 9.32. The van der Waals surface area contributed by atoms with Crippen LogP contribution in [0.4, 0.5) is 0 Å². The van der Waals surface area contributed by atoms with Gasteiger partial charge in [0.2, 0.25) is 0 Å². The number of piperazine rings is 1. The fourth-order valence-corrected chi connectivity index (χ4v) is 3.35. The molecule has 26 heavy (non-hydrogen) atoms. The Kier molecular flexibility index (Phi) is 6.61. The number of nitrogens with zero attached hydrogens (tertiary/aromatic N) is 3. The number of aryl methyl sites for hydroxylation is 1. The van der Waals surface area contributed by atoms with E-state index in [1.165, 1.54) is 16.7 Å². The zero-order chi connectivity index (χ0) is 18.4. The molecule has 5 heteroatoms. The molecule has 0 aliphatic carbocycles. The molecule has 0 amide bonds. The minimum Gasteiger partial charge on any atom is -0.383 e. The van der Waals surface area contributed by atoms with Crippen LogP contribution in [0.25, 0.3) is 0 Å². The second-order valence-corrected chi connectivity index (χ2v) is 7.10.